The van der Waals surface area contributed by atoms with E-state index in [1.807, 2.05) is 0 Å². The number of benzene rings is 1. The fourth-order valence-electron chi connectivity index (χ4n) is 1.90. The molecule has 0 heterocycles. The predicted octanol–water partition coefficient (Wildman–Crippen LogP) is -0.338. The van der Waals surface area contributed by atoms with E-state index in [0.29, 0.717) is 13.2 Å². The first-order valence-electron chi connectivity index (χ1n) is 7.61. The number of nitrogens with zero attached hydrogens (tertiary/aromatic N) is 2. The molecule has 0 radical (unpaired) electrons. The molecule has 0 saturated heterocycles. The number of aliphatic carboxylic acids is 1. The van der Waals surface area contributed by atoms with Gasteiger partial charge in [0.05, 0.1) is 36.2 Å². The van der Waals surface area contributed by atoms with Crippen molar-refractivity contribution < 1.29 is 32.7 Å². The quantitative estimate of drug-likeness (QED) is 0.260. The van der Waals surface area contributed by atoms with Gasteiger partial charge >= 0.3 is 5.97 Å². The Labute approximate surface area is 150 Å². The van der Waals surface area contributed by atoms with Crippen molar-refractivity contribution in [2.45, 2.75) is 4.90 Å². The SMILES string of the molecule is NCCOCCOCCN(CC(=O)O)S(=O)(=O)c1ccc([N+](=O)[O-])cc1. The van der Waals surface area contributed by atoms with Crippen LogP contribution in [0, 0.1) is 10.1 Å². The van der Waals surface area contributed by atoms with E-state index in [9.17, 15) is 23.3 Å². The molecule has 146 valence electrons. The molecule has 26 heavy (non-hydrogen) atoms. The zero-order valence-corrected chi connectivity index (χ0v) is 14.8. The first kappa shape index (κ1) is 21.9. The van der Waals surface area contributed by atoms with Gasteiger partial charge in [-0.3, -0.25) is 14.9 Å². The Hall–Kier alpha value is -2.12. The topological polar surface area (TPSA) is 162 Å². The van der Waals surface area contributed by atoms with Gasteiger partial charge in [0.25, 0.3) is 5.69 Å². The molecule has 0 amide bonds. The standard InChI is InChI=1S/C14H21N3O8S/c15-5-7-24-9-10-25-8-6-16(11-14(18)19)26(22,23)13-3-1-12(2-4-13)17(20)21/h1-4H,5-11,15H2,(H,18,19). The van der Waals surface area contributed by atoms with Gasteiger partial charge in [0.2, 0.25) is 10.0 Å². The monoisotopic (exact) mass is 391 g/mol. The number of ether oxygens (including phenoxy) is 2. The number of hydrogen-bond donors (Lipinski definition) is 2. The summed E-state index contributed by atoms with van der Waals surface area (Å²) in [5.74, 6) is -1.33. The van der Waals surface area contributed by atoms with E-state index in [1.54, 1.807) is 0 Å². The maximum Gasteiger partial charge on any atom is 0.318 e. The molecule has 0 aliphatic heterocycles. The van der Waals surface area contributed by atoms with Gasteiger partial charge in [-0.2, -0.15) is 4.31 Å². The fourth-order valence-corrected chi connectivity index (χ4v) is 3.27. The number of hydrogen-bond acceptors (Lipinski definition) is 8. The van der Waals surface area contributed by atoms with Crippen LogP contribution in [-0.4, -0.2) is 74.8 Å². The van der Waals surface area contributed by atoms with Crippen LogP contribution in [0.15, 0.2) is 29.2 Å². The molecule has 1 rings (SSSR count). The van der Waals surface area contributed by atoms with Gasteiger partial charge in [0.15, 0.2) is 0 Å². The average Bonchev–Trinajstić information content (AvgIpc) is 2.59. The van der Waals surface area contributed by atoms with E-state index < -0.39 is 27.5 Å². The number of carboxylic acid groups (broad SMARTS) is 1. The molecule has 3 N–H and O–H groups in total. The smallest absolute Gasteiger partial charge is 0.318 e. The van der Waals surface area contributed by atoms with Crippen LogP contribution < -0.4 is 5.73 Å². The third-order valence-corrected chi connectivity index (χ3v) is 4.98. The van der Waals surface area contributed by atoms with Crippen LogP contribution >= 0.6 is 0 Å². The highest BCUT2D eigenvalue weighted by Crippen LogP contribution is 2.19. The molecule has 0 fully saturated rings. The normalized spacial score (nSPS) is 11.6. The minimum Gasteiger partial charge on any atom is -0.480 e. The summed E-state index contributed by atoms with van der Waals surface area (Å²) < 4.78 is 36.1. The molecule has 11 nitrogen and oxygen atoms in total. The number of rotatable bonds is 13. The van der Waals surface area contributed by atoms with Crippen LogP contribution in [0.3, 0.4) is 0 Å². The van der Waals surface area contributed by atoms with Crippen LogP contribution in [0.4, 0.5) is 5.69 Å². The Morgan fingerprint density at radius 2 is 1.73 bits per heavy atom. The molecule has 0 aromatic heterocycles. The molecule has 0 aliphatic carbocycles. The van der Waals surface area contributed by atoms with Crippen molar-refractivity contribution in [2.24, 2.45) is 5.73 Å². The highest BCUT2D eigenvalue weighted by atomic mass is 32.2. The molecule has 0 aliphatic rings. The van der Waals surface area contributed by atoms with Crippen molar-refractivity contribution in [1.82, 2.24) is 4.31 Å². The lowest BCUT2D eigenvalue weighted by atomic mass is 10.3. The average molecular weight is 391 g/mol. The minimum atomic E-state index is -4.14. The Bertz CT molecular complexity index is 693. The molecular formula is C14H21N3O8S. The number of nitro benzene ring substituents is 1. The molecular weight excluding hydrogens is 370 g/mol. The number of sulfonamides is 1. The van der Waals surface area contributed by atoms with E-state index in [-0.39, 0.29) is 36.9 Å². The van der Waals surface area contributed by atoms with E-state index in [0.717, 1.165) is 28.6 Å². The van der Waals surface area contributed by atoms with E-state index in [1.165, 1.54) is 0 Å². The largest absolute Gasteiger partial charge is 0.480 e. The van der Waals surface area contributed by atoms with Crippen molar-refractivity contribution in [1.29, 1.82) is 0 Å². The lowest BCUT2D eigenvalue weighted by Gasteiger charge is -2.20. The van der Waals surface area contributed by atoms with Gasteiger partial charge in [-0.25, -0.2) is 8.42 Å². The van der Waals surface area contributed by atoms with E-state index in [4.69, 9.17) is 20.3 Å². The molecule has 0 atom stereocenters. The number of carbonyl (C=O) groups is 1. The van der Waals surface area contributed by atoms with Gasteiger partial charge in [0.1, 0.15) is 6.54 Å². The maximum absolute atomic E-state index is 12.6. The first-order valence-corrected chi connectivity index (χ1v) is 9.05. The second kappa shape index (κ2) is 10.8. The summed E-state index contributed by atoms with van der Waals surface area (Å²) in [5, 5.41) is 19.6. The van der Waals surface area contributed by atoms with Gasteiger partial charge in [-0.15, -0.1) is 0 Å². The van der Waals surface area contributed by atoms with Gasteiger partial charge in [0, 0.05) is 25.2 Å². The number of nitrogens with two attached hydrogens (primary N) is 1. The number of carboxylic acids is 1. The summed E-state index contributed by atoms with van der Waals surface area (Å²) in [6, 6.07) is 4.20. The Morgan fingerprint density at radius 3 is 2.23 bits per heavy atom. The van der Waals surface area contributed by atoms with Gasteiger partial charge in [-0.05, 0) is 12.1 Å². The summed E-state index contributed by atoms with van der Waals surface area (Å²) in [4.78, 5) is 20.7. The van der Waals surface area contributed by atoms with E-state index >= 15 is 0 Å². The Balaban J connectivity index is 2.73. The Kier molecular flexibility index (Phi) is 9.09. The van der Waals surface area contributed by atoms with Gasteiger partial charge < -0.3 is 20.3 Å². The summed E-state index contributed by atoms with van der Waals surface area (Å²) in [6.45, 7) is 0.257. The molecule has 1 aromatic carbocycles. The lowest BCUT2D eigenvalue weighted by Crippen LogP contribution is -2.38. The highest BCUT2D eigenvalue weighted by molar-refractivity contribution is 7.89. The van der Waals surface area contributed by atoms with Crippen LogP contribution in [-0.2, 0) is 24.3 Å². The zero-order chi connectivity index (χ0) is 19.6. The number of non-ortho nitro benzene ring substituents is 1. The van der Waals surface area contributed by atoms with Crippen LogP contribution in [0.25, 0.3) is 0 Å². The van der Waals surface area contributed by atoms with Crippen molar-refractivity contribution in [3.05, 3.63) is 34.4 Å². The molecule has 1 aromatic rings. The first-order chi connectivity index (χ1) is 12.3. The third kappa shape index (κ3) is 7.01. The summed E-state index contributed by atoms with van der Waals surface area (Å²) >= 11 is 0. The summed E-state index contributed by atoms with van der Waals surface area (Å²) in [6.07, 6.45) is 0. The third-order valence-electron chi connectivity index (χ3n) is 3.12. The molecule has 0 bridgehead atoms. The summed E-state index contributed by atoms with van der Waals surface area (Å²) in [5.41, 5.74) is 4.98. The van der Waals surface area contributed by atoms with Crippen molar-refractivity contribution >= 4 is 21.7 Å². The van der Waals surface area contributed by atoms with Gasteiger partial charge in [-0.1, -0.05) is 0 Å². The second-order valence-electron chi connectivity index (χ2n) is 5.00. The maximum atomic E-state index is 12.6. The molecule has 0 saturated carbocycles. The molecule has 0 spiro atoms. The lowest BCUT2D eigenvalue weighted by molar-refractivity contribution is -0.384. The highest BCUT2D eigenvalue weighted by Gasteiger charge is 2.26. The fraction of sp³-hybridized carbons (Fsp3) is 0.500. The zero-order valence-electron chi connectivity index (χ0n) is 13.9. The summed E-state index contributed by atoms with van der Waals surface area (Å²) in [7, 11) is -4.14. The van der Waals surface area contributed by atoms with Crippen molar-refractivity contribution in [2.75, 3.05) is 46.1 Å². The molecule has 0 unspecified atom stereocenters. The van der Waals surface area contributed by atoms with Crippen LogP contribution in [0.1, 0.15) is 0 Å². The second-order valence-corrected chi connectivity index (χ2v) is 6.93. The molecule has 12 heteroatoms. The predicted molar refractivity (Wildman–Crippen MR) is 90.2 cm³/mol. The van der Waals surface area contributed by atoms with Crippen LogP contribution in [0.2, 0.25) is 0 Å². The van der Waals surface area contributed by atoms with Crippen molar-refractivity contribution in [3.63, 3.8) is 0 Å². The van der Waals surface area contributed by atoms with Crippen LogP contribution in [0.5, 0.6) is 0 Å². The Morgan fingerprint density at radius 1 is 1.15 bits per heavy atom. The van der Waals surface area contributed by atoms with Crippen molar-refractivity contribution in [3.8, 4) is 0 Å². The number of nitro groups is 1. The van der Waals surface area contributed by atoms with E-state index in [2.05, 4.69) is 0 Å². The minimum absolute atomic E-state index is 0.0362.